The molecule has 0 spiro atoms. The minimum absolute atomic E-state index is 0.688. The topological polar surface area (TPSA) is 56.6 Å². The van der Waals surface area contributed by atoms with E-state index in [0.29, 0.717) is 5.56 Å². The van der Waals surface area contributed by atoms with Gasteiger partial charge >= 0.3 is 0 Å². The Bertz CT molecular complexity index is 274. The summed E-state index contributed by atoms with van der Waals surface area (Å²) >= 11 is 0. The molecule has 64 valence electrons. The molecule has 0 saturated heterocycles. The molecular formula is C8H10N2O2. The molecule has 2 rings (SSSR count). The quantitative estimate of drug-likeness (QED) is 0.570. The molecule has 0 bridgehead atoms. The monoisotopic (exact) mass is 166 g/mol. The smallest absolute Gasteiger partial charge is 0.137 e. The highest BCUT2D eigenvalue weighted by Crippen LogP contribution is 2.36. The van der Waals surface area contributed by atoms with E-state index in [-0.39, 0.29) is 0 Å². The molecule has 1 aliphatic heterocycles. The first kappa shape index (κ1) is 7.67. The fraction of sp³-hybridized carbons (Fsp3) is 0.375. The van der Waals surface area contributed by atoms with E-state index in [1.807, 2.05) is 0 Å². The number of fused-ring (bicyclic) bond motifs is 1. The lowest BCUT2D eigenvalue weighted by atomic mass is 10.2. The van der Waals surface area contributed by atoms with E-state index in [1.54, 1.807) is 25.5 Å². The fourth-order valence-electron chi connectivity index (χ4n) is 1.44. The first-order valence-corrected chi connectivity index (χ1v) is 3.73. The minimum atomic E-state index is -0.733. The summed E-state index contributed by atoms with van der Waals surface area (Å²) in [6, 6.07) is 1.72. The number of nitrogens with zero attached hydrogens (tertiary/aromatic N) is 2. The van der Waals surface area contributed by atoms with Crippen LogP contribution in [0.15, 0.2) is 18.5 Å². The van der Waals surface area contributed by atoms with Gasteiger partial charge in [0, 0.05) is 23.5 Å². The van der Waals surface area contributed by atoms with Crippen LogP contribution < -0.4 is 0 Å². The van der Waals surface area contributed by atoms with Gasteiger partial charge in [-0.25, -0.2) is 4.90 Å². The molecule has 1 aromatic rings. The van der Waals surface area contributed by atoms with Gasteiger partial charge in [-0.1, -0.05) is 0 Å². The zero-order valence-corrected chi connectivity index (χ0v) is 6.68. The van der Waals surface area contributed by atoms with Gasteiger partial charge in [0.15, 0.2) is 0 Å². The van der Waals surface area contributed by atoms with Gasteiger partial charge in [-0.2, -0.15) is 0 Å². The molecule has 0 saturated carbocycles. The van der Waals surface area contributed by atoms with Crippen molar-refractivity contribution in [1.82, 2.24) is 9.88 Å². The van der Waals surface area contributed by atoms with Gasteiger partial charge in [-0.3, -0.25) is 4.98 Å². The van der Waals surface area contributed by atoms with Gasteiger partial charge in [0.2, 0.25) is 0 Å². The lowest BCUT2D eigenvalue weighted by Crippen LogP contribution is -2.20. The number of aliphatic hydroxyl groups is 2. The Labute approximate surface area is 70.1 Å². The molecule has 0 fully saturated rings. The summed E-state index contributed by atoms with van der Waals surface area (Å²) in [6.45, 7) is 0. The van der Waals surface area contributed by atoms with E-state index >= 15 is 0 Å². The highest BCUT2D eigenvalue weighted by Gasteiger charge is 2.33. The van der Waals surface area contributed by atoms with Crippen LogP contribution in [-0.2, 0) is 0 Å². The van der Waals surface area contributed by atoms with Crippen LogP contribution in [0.4, 0.5) is 0 Å². The van der Waals surface area contributed by atoms with Gasteiger partial charge in [-0.05, 0) is 13.1 Å². The second kappa shape index (κ2) is 2.52. The molecule has 0 amide bonds. The summed E-state index contributed by atoms with van der Waals surface area (Å²) in [6.07, 6.45) is 1.74. The Hall–Kier alpha value is -0.970. The highest BCUT2D eigenvalue weighted by molar-refractivity contribution is 5.31. The summed E-state index contributed by atoms with van der Waals surface area (Å²) in [5.74, 6) is 0. The van der Waals surface area contributed by atoms with Crippen LogP contribution in [0.1, 0.15) is 23.6 Å². The minimum Gasteiger partial charge on any atom is -0.374 e. The summed E-state index contributed by atoms with van der Waals surface area (Å²) in [4.78, 5) is 5.36. The Morgan fingerprint density at radius 1 is 1.33 bits per heavy atom. The SMILES string of the molecule is CN1C(O)c2ccncc2C1O. The first-order valence-electron chi connectivity index (χ1n) is 3.73. The molecule has 2 N–H and O–H groups in total. The second-order valence-corrected chi connectivity index (χ2v) is 2.92. The normalized spacial score (nSPS) is 28.9. The Morgan fingerprint density at radius 3 is 2.67 bits per heavy atom. The van der Waals surface area contributed by atoms with Crippen molar-refractivity contribution in [1.29, 1.82) is 0 Å². The summed E-state index contributed by atoms with van der Waals surface area (Å²) in [5, 5.41) is 19.1. The largest absolute Gasteiger partial charge is 0.374 e. The van der Waals surface area contributed by atoms with Crippen LogP contribution in [0.2, 0.25) is 0 Å². The van der Waals surface area contributed by atoms with Crippen molar-refractivity contribution in [3.8, 4) is 0 Å². The van der Waals surface area contributed by atoms with Gasteiger partial charge in [0.25, 0.3) is 0 Å². The summed E-state index contributed by atoms with van der Waals surface area (Å²) in [5.41, 5.74) is 1.42. The van der Waals surface area contributed by atoms with E-state index in [1.165, 1.54) is 4.90 Å². The van der Waals surface area contributed by atoms with Crippen molar-refractivity contribution < 1.29 is 10.2 Å². The number of aliphatic hydroxyl groups excluding tert-OH is 2. The number of rotatable bonds is 0. The summed E-state index contributed by atoms with van der Waals surface area (Å²) < 4.78 is 0. The third-order valence-corrected chi connectivity index (χ3v) is 2.21. The molecular weight excluding hydrogens is 156 g/mol. The molecule has 2 unspecified atom stereocenters. The zero-order chi connectivity index (χ0) is 8.72. The molecule has 2 atom stereocenters. The molecule has 12 heavy (non-hydrogen) atoms. The average Bonchev–Trinajstić information content (AvgIpc) is 2.33. The van der Waals surface area contributed by atoms with Crippen LogP contribution in [0.3, 0.4) is 0 Å². The number of hydrogen-bond donors (Lipinski definition) is 2. The Morgan fingerprint density at radius 2 is 2.00 bits per heavy atom. The van der Waals surface area contributed by atoms with Crippen molar-refractivity contribution in [2.24, 2.45) is 0 Å². The maximum Gasteiger partial charge on any atom is 0.137 e. The van der Waals surface area contributed by atoms with E-state index in [2.05, 4.69) is 4.98 Å². The highest BCUT2D eigenvalue weighted by atomic mass is 16.3. The lowest BCUT2D eigenvalue weighted by molar-refractivity contribution is -0.0664. The number of pyridine rings is 1. The van der Waals surface area contributed by atoms with Gasteiger partial charge < -0.3 is 10.2 Å². The van der Waals surface area contributed by atoms with Crippen molar-refractivity contribution in [2.45, 2.75) is 12.5 Å². The predicted octanol–water partition coefficient (Wildman–Crippen LogP) is 0.00880. The lowest BCUT2D eigenvalue weighted by Gasteiger charge is -2.17. The van der Waals surface area contributed by atoms with Crippen LogP contribution >= 0.6 is 0 Å². The van der Waals surface area contributed by atoms with Crippen molar-refractivity contribution in [2.75, 3.05) is 7.05 Å². The van der Waals surface area contributed by atoms with Crippen molar-refractivity contribution >= 4 is 0 Å². The summed E-state index contributed by atoms with van der Waals surface area (Å²) in [7, 11) is 1.66. The third-order valence-electron chi connectivity index (χ3n) is 2.21. The van der Waals surface area contributed by atoms with Crippen LogP contribution in [0, 0.1) is 0 Å². The van der Waals surface area contributed by atoms with Crippen LogP contribution in [0.25, 0.3) is 0 Å². The van der Waals surface area contributed by atoms with Gasteiger partial charge in [0.1, 0.15) is 12.5 Å². The molecule has 2 heterocycles. The van der Waals surface area contributed by atoms with Crippen molar-refractivity contribution in [3.05, 3.63) is 29.6 Å². The standard InChI is InChI=1S/C8H10N2O2/c1-10-7(11)5-2-3-9-4-6(5)8(10)12/h2-4,7-8,11-12H,1H3. The predicted molar refractivity (Wildman–Crippen MR) is 41.9 cm³/mol. The molecule has 0 aliphatic carbocycles. The Kier molecular flexibility index (Phi) is 1.61. The zero-order valence-electron chi connectivity index (χ0n) is 6.68. The van der Waals surface area contributed by atoms with Crippen LogP contribution in [-0.4, -0.2) is 27.1 Å². The van der Waals surface area contributed by atoms with Crippen LogP contribution in [0.5, 0.6) is 0 Å². The van der Waals surface area contributed by atoms with E-state index in [0.717, 1.165) is 5.56 Å². The Balaban J connectivity index is 2.52. The van der Waals surface area contributed by atoms with Gasteiger partial charge in [-0.15, -0.1) is 0 Å². The molecule has 1 aromatic heterocycles. The van der Waals surface area contributed by atoms with E-state index in [9.17, 15) is 10.2 Å². The average molecular weight is 166 g/mol. The number of aromatic nitrogens is 1. The maximum atomic E-state index is 9.56. The molecule has 4 heteroatoms. The molecule has 1 aliphatic rings. The second-order valence-electron chi connectivity index (χ2n) is 2.92. The fourth-order valence-corrected chi connectivity index (χ4v) is 1.44. The molecule has 0 radical (unpaired) electrons. The maximum absolute atomic E-state index is 9.56. The molecule has 0 aromatic carbocycles. The first-order chi connectivity index (χ1) is 5.72. The third kappa shape index (κ3) is 0.859. The van der Waals surface area contributed by atoms with E-state index < -0.39 is 12.5 Å². The molecule has 4 nitrogen and oxygen atoms in total. The number of hydrogen-bond acceptors (Lipinski definition) is 4. The van der Waals surface area contributed by atoms with Gasteiger partial charge in [0.05, 0.1) is 0 Å². The van der Waals surface area contributed by atoms with E-state index in [4.69, 9.17) is 0 Å². The van der Waals surface area contributed by atoms with Crippen molar-refractivity contribution in [3.63, 3.8) is 0 Å².